The number of pyridine rings is 2. The second-order valence-corrected chi connectivity index (χ2v) is 5.70. The number of nitrogens with zero attached hydrogens (tertiary/aromatic N) is 2. The number of aromatic nitrogens is 2. The third-order valence-corrected chi connectivity index (χ3v) is 4.09. The van der Waals surface area contributed by atoms with Crippen LogP contribution in [0.25, 0.3) is 33.2 Å². The van der Waals surface area contributed by atoms with Crippen molar-refractivity contribution in [1.82, 2.24) is 9.97 Å². The molecule has 2 aromatic carbocycles. The molecule has 4 aromatic rings. The van der Waals surface area contributed by atoms with Gasteiger partial charge in [-0.1, -0.05) is 0 Å². The molecule has 2 aromatic heterocycles. The molecule has 0 bridgehead atoms. The van der Waals surface area contributed by atoms with Gasteiger partial charge in [0.2, 0.25) is 0 Å². The SMILES string of the molecule is [Cl-].[Cl-].[Pd+2][c]1cc2ccccc2nc1-c1ccc2ccccc2n1. The number of benzene rings is 2. The van der Waals surface area contributed by atoms with E-state index in [-0.39, 0.29) is 24.8 Å². The van der Waals surface area contributed by atoms with Crippen LogP contribution in [0.2, 0.25) is 0 Å². The van der Waals surface area contributed by atoms with Gasteiger partial charge in [-0.25, -0.2) is 0 Å². The van der Waals surface area contributed by atoms with Crippen LogP contribution < -0.4 is 28.9 Å². The summed E-state index contributed by atoms with van der Waals surface area (Å²) in [5.41, 5.74) is 3.75. The summed E-state index contributed by atoms with van der Waals surface area (Å²) in [4.78, 5) is 9.48. The van der Waals surface area contributed by atoms with Crippen LogP contribution in [0.5, 0.6) is 0 Å². The summed E-state index contributed by atoms with van der Waals surface area (Å²) in [5, 5.41) is 2.27. The molecule has 0 spiro atoms. The van der Waals surface area contributed by atoms with E-state index in [1.165, 1.54) is 0 Å². The van der Waals surface area contributed by atoms with Crippen LogP contribution >= 0.6 is 0 Å². The molecule has 2 heterocycles. The van der Waals surface area contributed by atoms with Crippen molar-refractivity contribution in [3.63, 3.8) is 0 Å². The fourth-order valence-electron chi connectivity index (χ4n) is 2.45. The Bertz CT molecular complexity index is 973. The van der Waals surface area contributed by atoms with Gasteiger partial charge in [-0.15, -0.1) is 0 Å². The Morgan fingerprint density at radius 2 is 1.26 bits per heavy atom. The van der Waals surface area contributed by atoms with Gasteiger partial charge in [0.05, 0.1) is 0 Å². The molecule has 5 heteroatoms. The monoisotopic (exact) mass is 431 g/mol. The molecule has 0 radical (unpaired) electrons. The maximum atomic E-state index is 4.75. The summed E-state index contributed by atoms with van der Waals surface area (Å²) in [6.45, 7) is 0. The van der Waals surface area contributed by atoms with Gasteiger partial charge in [0.15, 0.2) is 0 Å². The van der Waals surface area contributed by atoms with Gasteiger partial charge in [-0.05, 0) is 0 Å². The number of hydrogen-bond acceptors (Lipinski definition) is 2. The second-order valence-electron chi connectivity index (χ2n) is 4.87. The summed E-state index contributed by atoms with van der Waals surface area (Å²) in [7, 11) is 0. The molecule has 0 atom stereocenters. The topological polar surface area (TPSA) is 25.8 Å². The van der Waals surface area contributed by atoms with Crippen LogP contribution in [-0.2, 0) is 19.2 Å². The summed E-state index contributed by atoms with van der Waals surface area (Å²) >= 11 is 3.31. The number of rotatable bonds is 1. The average Bonchev–Trinajstić information content (AvgIpc) is 2.54. The van der Waals surface area contributed by atoms with Crippen LogP contribution in [0, 0.1) is 0 Å². The van der Waals surface area contributed by atoms with Gasteiger partial charge in [0.1, 0.15) is 0 Å². The van der Waals surface area contributed by atoms with Crippen molar-refractivity contribution >= 4 is 25.8 Å². The van der Waals surface area contributed by atoms with E-state index in [2.05, 4.69) is 43.5 Å². The van der Waals surface area contributed by atoms with Crippen molar-refractivity contribution in [1.29, 1.82) is 0 Å². The minimum absolute atomic E-state index is 0. The predicted octanol–water partition coefficient (Wildman–Crippen LogP) is -2.37. The molecule has 23 heavy (non-hydrogen) atoms. The van der Waals surface area contributed by atoms with Crippen LogP contribution in [-0.4, -0.2) is 9.97 Å². The van der Waals surface area contributed by atoms with E-state index in [9.17, 15) is 0 Å². The van der Waals surface area contributed by atoms with Gasteiger partial charge < -0.3 is 24.8 Å². The molecule has 4 rings (SSSR count). The van der Waals surface area contributed by atoms with Crippen LogP contribution in [0.4, 0.5) is 0 Å². The normalized spacial score (nSPS) is 10.1. The number of para-hydroxylation sites is 2. The molecule has 117 valence electrons. The van der Waals surface area contributed by atoms with Crippen LogP contribution in [0.15, 0.2) is 66.7 Å². The Morgan fingerprint density at radius 3 is 2.00 bits per heavy atom. The van der Waals surface area contributed by atoms with Crippen molar-refractivity contribution in [3.8, 4) is 11.4 Å². The fourth-order valence-corrected chi connectivity index (χ4v) is 2.97. The second kappa shape index (κ2) is 7.38. The molecule has 0 amide bonds. The average molecular weight is 433 g/mol. The third-order valence-electron chi connectivity index (χ3n) is 3.49. The van der Waals surface area contributed by atoms with Crippen LogP contribution in [0.3, 0.4) is 0 Å². The van der Waals surface area contributed by atoms with Gasteiger partial charge in [-0.3, -0.25) is 0 Å². The van der Waals surface area contributed by atoms with E-state index < -0.39 is 0 Å². The Labute approximate surface area is 157 Å². The zero-order valence-corrected chi connectivity index (χ0v) is 14.9. The molecule has 0 saturated heterocycles. The summed E-state index contributed by atoms with van der Waals surface area (Å²) < 4.78 is 1.000. The molecule has 0 N–H and O–H groups in total. The predicted molar refractivity (Wildman–Crippen MR) is 82.1 cm³/mol. The van der Waals surface area contributed by atoms with Gasteiger partial charge in [0.25, 0.3) is 0 Å². The first-order valence-electron chi connectivity index (χ1n) is 6.70. The van der Waals surface area contributed by atoms with Crippen molar-refractivity contribution in [3.05, 3.63) is 66.7 Å². The van der Waals surface area contributed by atoms with Crippen LogP contribution in [0.1, 0.15) is 0 Å². The van der Waals surface area contributed by atoms with E-state index in [1.807, 2.05) is 42.5 Å². The molecule has 0 fully saturated rings. The Balaban J connectivity index is 0.000000960. The van der Waals surface area contributed by atoms with Crippen molar-refractivity contribution < 1.29 is 44.0 Å². The third kappa shape index (κ3) is 3.39. The maximum absolute atomic E-state index is 4.75. The van der Waals surface area contributed by atoms with E-state index >= 15 is 0 Å². The fraction of sp³-hybridized carbons (Fsp3) is 0. The van der Waals surface area contributed by atoms with E-state index in [1.54, 1.807) is 0 Å². The van der Waals surface area contributed by atoms with Crippen molar-refractivity contribution in [2.24, 2.45) is 0 Å². The molecule has 0 unspecified atom stereocenters. The molecular weight excluding hydrogens is 422 g/mol. The molecule has 0 aliphatic carbocycles. The minimum atomic E-state index is 0. The Morgan fingerprint density at radius 1 is 0.652 bits per heavy atom. The van der Waals surface area contributed by atoms with E-state index in [0.29, 0.717) is 0 Å². The first-order chi connectivity index (χ1) is 10.3. The quantitative estimate of drug-likeness (QED) is 0.314. The van der Waals surface area contributed by atoms with E-state index in [4.69, 9.17) is 9.97 Å². The zero-order valence-electron chi connectivity index (χ0n) is 11.8. The van der Waals surface area contributed by atoms with Gasteiger partial charge in [-0.2, -0.15) is 0 Å². The summed E-state index contributed by atoms with van der Waals surface area (Å²) in [5.74, 6) is 0. The summed E-state index contributed by atoms with van der Waals surface area (Å²) in [6.07, 6.45) is 0. The molecule has 0 aliphatic heterocycles. The van der Waals surface area contributed by atoms with E-state index in [0.717, 1.165) is 37.2 Å². The number of hydrogen-bond donors (Lipinski definition) is 0. The molecule has 0 aliphatic rings. The molecular formula is C18H11Cl2N2Pd. The van der Waals surface area contributed by atoms with Gasteiger partial charge >= 0.3 is 133 Å². The number of halogens is 2. The molecule has 0 saturated carbocycles. The number of fused-ring (bicyclic) bond motifs is 2. The first kappa shape index (κ1) is 17.8. The Hall–Kier alpha value is -1.50. The Kier molecular flexibility index (Phi) is 5.73. The first-order valence-corrected chi connectivity index (χ1v) is 7.47. The zero-order chi connectivity index (χ0) is 14.2. The summed E-state index contributed by atoms with van der Waals surface area (Å²) in [6, 6.07) is 22.5. The molecule has 2 nitrogen and oxygen atoms in total. The van der Waals surface area contributed by atoms with Crippen molar-refractivity contribution in [2.75, 3.05) is 0 Å². The standard InChI is InChI=1S/C18H11N2.2ClH.Pd/c1-3-7-15-13(5-1)9-11-17(19-15)18-12-10-14-6-2-4-8-16(14)20-18;;;/h1-11H;2*1H;/q;;;+2/p-2. The van der Waals surface area contributed by atoms with Crippen molar-refractivity contribution in [2.45, 2.75) is 0 Å². The van der Waals surface area contributed by atoms with Gasteiger partial charge in [0, 0.05) is 0 Å².